The van der Waals surface area contributed by atoms with Crippen LogP contribution >= 0.6 is 11.6 Å². The third-order valence-electron chi connectivity index (χ3n) is 4.00. The molecule has 7 nitrogen and oxygen atoms in total. The van der Waals surface area contributed by atoms with Crippen LogP contribution in [0.5, 0.6) is 0 Å². The number of hydrogen-bond donors (Lipinski definition) is 3. The fourth-order valence-corrected chi connectivity index (χ4v) is 3.58. The van der Waals surface area contributed by atoms with Crippen molar-refractivity contribution in [3.8, 4) is 0 Å². The molecule has 9 heteroatoms. The van der Waals surface area contributed by atoms with E-state index < -0.39 is 16.1 Å². The highest BCUT2D eigenvalue weighted by Crippen LogP contribution is 2.15. The van der Waals surface area contributed by atoms with Gasteiger partial charge in [0.2, 0.25) is 10.0 Å². The molecule has 0 fully saturated rings. The van der Waals surface area contributed by atoms with Crippen molar-refractivity contribution in [1.82, 2.24) is 15.0 Å². The summed E-state index contributed by atoms with van der Waals surface area (Å²) in [7, 11) is -3.68. The van der Waals surface area contributed by atoms with E-state index in [0.717, 1.165) is 11.1 Å². The van der Waals surface area contributed by atoms with Crippen molar-refractivity contribution in [1.29, 1.82) is 0 Å². The van der Waals surface area contributed by atoms with E-state index in [1.165, 1.54) is 24.3 Å². The summed E-state index contributed by atoms with van der Waals surface area (Å²) >= 11 is 5.82. The van der Waals surface area contributed by atoms with E-state index in [2.05, 4.69) is 20.3 Å². The lowest BCUT2D eigenvalue weighted by atomic mass is 10.2. The minimum atomic E-state index is -3.68. The van der Waals surface area contributed by atoms with Crippen molar-refractivity contribution in [3.63, 3.8) is 0 Å². The van der Waals surface area contributed by atoms with Gasteiger partial charge in [-0.25, -0.2) is 17.9 Å². The Hall–Kier alpha value is -2.94. The molecule has 0 unspecified atom stereocenters. The summed E-state index contributed by atoms with van der Waals surface area (Å²) in [5.74, 6) is 0. The molecule has 1 heterocycles. The Morgan fingerprint density at radius 3 is 2.14 bits per heavy atom. The summed E-state index contributed by atoms with van der Waals surface area (Å²) in [5.41, 5.74) is 2.19. The van der Waals surface area contributed by atoms with Crippen molar-refractivity contribution in [3.05, 3.63) is 89.2 Å². The van der Waals surface area contributed by atoms with Gasteiger partial charge in [0, 0.05) is 36.2 Å². The second-order valence-electron chi connectivity index (χ2n) is 6.14. The molecular formula is C20H19ClN4O3S. The molecule has 1 aromatic heterocycles. The van der Waals surface area contributed by atoms with Crippen LogP contribution in [0.4, 0.5) is 10.5 Å². The lowest BCUT2D eigenvalue weighted by molar-refractivity contribution is 0.251. The van der Waals surface area contributed by atoms with E-state index >= 15 is 0 Å². The average molecular weight is 431 g/mol. The molecule has 3 rings (SSSR count). The number of aromatic nitrogens is 1. The first-order valence-electron chi connectivity index (χ1n) is 8.70. The Kier molecular flexibility index (Phi) is 6.82. The number of hydrogen-bond acceptors (Lipinski definition) is 4. The minimum absolute atomic E-state index is 0.106. The Bertz CT molecular complexity index is 1060. The minimum Gasteiger partial charge on any atom is -0.334 e. The first-order chi connectivity index (χ1) is 13.9. The lowest BCUT2D eigenvalue weighted by Gasteiger charge is -2.10. The van der Waals surface area contributed by atoms with Gasteiger partial charge in [0.1, 0.15) is 0 Å². The molecule has 0 radical (unpaired) electrons. The number of rotatable bonds is 7. The van der Waals surface area contributed by atoms with Crippen molar-refractivity contribution in [2.45, 2.75) is 18.0 Å². The highest BCUT2D eigenvalue weighted by Gasteiger charge is 2.14. The van der Waals surface area contributed by atoms with Crippen molar-refractivity contribution in [2.75, 3.05) is 5.32 Å². The standard InChI is InChI=1S/C20H19ClN4O3S/c21-17-3-1-15(2-4-17)14-24-29(27,28)19-7-5-18(6-8-19)25-20(26)23-13-16-9-11-22-12-10-16/h1-12,24H,13-14H2,(H2,23,25,26). The van der Waals surface area contributed by atoms with Crippen molar-refractivity contribution in [2.24, 2.45) is 0 Å². The molecular weight excluding hydrogens is 412 g/mol. The van der Waals surface area contributed by atoms with Gasteiger partial charge < -0.3 is 10.6 Å². The van der Waals surface area contributed by atoms with E-state index in [9.17, 15) is 13.2 Å². The number of amides is 2. The number of sulfonamides is 1. The van der Waals surface area contributed by atoms with Gasteiger partial charge in [-0.05, 0) is 59.7 Å². The van der Waals surface area contributed by atoms with Crippen LogP contribution in [0.15, 0.2) is 78.0 Å². The maximum absolute atomic E-state index is 12.4. The molecule has 2 aromatic carbocycles. The Balaban J connectivity index is 1.54. The Morgan fingerprint density at radius 1 is 0.862 bits per heavy atom. The largest absolute Gasteiger partial charge is 0.334 e. The summed E-state index contributed by atoms with van der Waals surface area (Å²) in [6, 6.07) is 16.0. The summed E-state index contributed by atoms with van der Waals surface area (Å²) < 4.78 is 27.4. The van der Waals surface area contributed by atoms with Crippen LogP contribution in [0.25, 0.3) is 0 Å². The second kappa shape index (κ2) is 9.51. The van der Waals surface area contributed by atoms with Gasteiger partial charge in [0.05, 0.1) is 4.90 Å². The lowest BCUT2D eigenvalue weighted by Crippen LogP contribution is -2.28. The molecule has 0 atom stereocenters. The van der Waals surface area contributed by atoms with Gasteiger partial charge in [-0.1, -0.05) is 23.7 Å². The highest BCUT2D eigenvalue weighted by atomic mass is 35.5. The predicted molar refractivity (Wildman–Crippen MR) is 112 cm³/mol. The topological polar surface area (TPSA) is 100 Å². The molecule has 3 aromatic rings. The fourth-order valence-electron chi connectivity index (χ4n) is 2.44. The van der Waals surface area contributed by atoms with E-state index in [1.807, 2.05) is 0 Å². The van der Waals surface area contributed by atoms with Gasteiger partial charge in [-0.3, -0.25) is 4.98 Å². The number of nitrogens with zero attached hydrogens (tertiary/aromatic N) is 1. The Labute approximate surface area is 174 Å². The molecule has 0 spiro atoms. The Morgan fingerprint density at radius 2 is 1.48 bits per heavy atom. The third kappa shape index (κ3) is 6.28. The maximum Gasteiger partial charge on any atom is 0.319 e. The molecule has 0 saturated heterocycles. The van der Waals surface area contributed by atoms with Crippen LogP contribution in [0, 0.1) is 0 Å². The maximum atomic E-state index is 12.4. The highest BCUT2D eigenvalue weighted by molar-refractivity contribution is 7.89. The quantitative estimate of drug-likeness (QED) is 0.533. The number of carbonyl (C=O) groups excluding carboxylic acids is 1. The molecule has 0 aliphatic heterocycles. The van der Waals surface area contributed by atoms with Crippen molar-refractivity contribution >= 4 is 33.3 Å². The van der Waals surface area contributed by atoms with Gasteiger partial charge >= 0.3 is 6.03 Å². The molecule has 0 bridgehead atoms. The zero-order chi connectivity index (χ0) is 20.7. The molecule has 3 N–H and O–H groups in total. The number of halogens is 1. The van der Waals surface area contributed by atoms with Crippen LogP contribution in [-0.4, -0.2) is 19.4 Å². The molecule has 0 saturated carbocycles. The molecule has 0 aliphatic rings. The zero-order valence-electron chi connectivity index (χ0n) is 15.3. The predicted octanol–water partition coefficient (Wildman–Crippen LogP) is 3.54. The molecule has 29 heavy (non-hydrogen) atoms. The van der Waals surface area contributed by atoms with E-state index in [4.69, 9.17) is 11.6 Å². The van der Waals surface area contributed by atoms with Crippen LogP contribution < -0.4 is 15.4 Å². The number of anilines is 1. The fraction of sp³-hybridized carbons (Fsp3) is 0.100. The van der Waals surface area contributed by atoms with Crippen LogP contribution in [0.2, 0.25) is 5.02 Å². The first kappa shape index (κ1) is 20.8. The summed E-state index contributed by atoms with van der Waals surface area (Å²) in [6.07, 6.45) is 3.30. The number of nitrogens with one attached hydrogen (secondary N) is 3. The summed E-state index contributed by atoms with van der Waals surface area (Å²) in [4.78, 5) is 16.0. The molecule has 2 amide bonds. The van der Waals surface area contributed by atoms with E-state index in [-0.39, 0.29) is 11.4 Å². The van der Waals surface area contributed by atoms with Crippen LogP contribution in [0.1, 0.15) is 11.1 Å². The van der Waals surface area contributed by atoms with Gasteiger partial charge in [-0.2, -0.15) is 0 Å². The zero-order valence-corrected chi connectivity index (χ0v) is 16.9. The van der Waals surface area contributed by atoms with Gasteiger partial charge in [0.15, 0.2) is 0 Å². The summed E-state index contributed by atoms with van der Waals surface area (Å²) in [5, 5.41) is 5.96. The smallest absolute Gasteiger partial charge is 0.319 e. The number of urea groups is 1. The molecule has 0 aliphatic carbocycles. The number of benzene rings is 2. The number of pyridine rings is 1. The monoisotopic (exact) mass is 430 g/mol. The van der Waals surface area contributed by atoms with Gasteiger partial charge in [0.25, 0.3) is 0 Å². The SMILES string of the molecule is O=C(NCc1ccncc1)Nc1ccc(S(=O)(=O)NCc2ccc(Cl)cc2)cc1. The van der Waals surface area contributed by atoms with E-state index in [1.54, 1.807) is 48.8 Å². The molecule has 150 valence electrons. The third-order valence-corrected chi connectivity index (χ3v) is 5.67. The van der Waals surface area contributed by atoms with E-state index in [0.29, 0.717) is 17.3 Å². The van der Waals surface area contributed by atoms with Crippen LogP contribution in [-0.2, 0) is 23.1 Å². The normalized spacial score (nSPS) is 11.1. The summed E-state index contributed by atoms with van der Waals surface area (Å²) in [6.45, 7) is 0.506. The first-order valence-corrected chi connectivity index (χ1v) is 10.6. The second-order valence-corrected chi connectivity index (χ2v) is 8.34. The average Bonchev–Trinajstić information content (AvgIpc) is 2.73. The van der Waals surface area contributed by atoms with Crippen LogP contribution in [0.3, 0.4) is 0 Å². The number of carbonyl (C=O) groups is 1. The van der Waals surface area contributed by atoms with Crippen molar-refractivity contribution < 1.29 is 13.2 Å². The van der Waals surface area contributed by atoms with Gasteiger partial charge in [-0.15, -0.1) is 0 Å².